The number of aliphatic imine (C=N–C) groups is 2. The van der Waals surface area contributed by atoms with Gasteiger partial charge in [-0.15, -0.1) is 0 Å². The van der Waals surface area contributed by atoms with Crippen molar-refractivity contribution in [2.45, 2.75) is 13.8 Å². The van der Waals surface area contributed by atoms with Crippen LogP contribution < -0.4 is 0 Å². The van der Waals surface area contributed by atoms with Gasteiger partial charge in [-0.1, -0.05) is 59.1 Å². The third kappa shape index (κ3) is 9.48. The second kappa shape index (κ2) is 12.4. The number of benzene rings is 2. The van der Waals surface area contributed by atoms with E-state index in [-0.39, 0.29) is 0 Å². The Labute approximate surface area is 174 Å². The summed E-state index contributed by atoms with van der Waals surface area (Å²) in [6.45, 7) is 4.24. The molecule has 0 bridgehead atoms. The van der Waals surface area contributed by atoms with Crippen LogP contribution in [0.25, 0.3) is 0 Å². The van der Waals surface area contributed by atoms with Crippen molar-refractivity contribution in [3.63, 3.8) is 0 Å². The third-order valence-corrected chi connectivity index (χ3v) is 4.02. The molecule has 0 amide bonds. The van der Waals surface area contributed by atoms with Crippen molar-refractivity contribution in [2.24, 2.45) is 9.98 Å². The average Bonchev–Trinajstić information content (AvgIpc) is 2.59. The van der Waals surface area contributed by atoms with E-state index in [1.165, 1.54) is 0 Å². The summed E-state index contributed by atoms with van der Waals surface area (Å²) in [4.78, 5) is 8.11. The van der Waals surface area contributed by atoms with Crippen molar-refractivity contribution in [2.75, 3.05) is 13.1 Å². The molecule has 27 heavy (non-hydrogen) atoms. The summed E-state index contributed by atoms with van der Waals surface area (Å²) < 4.78 is 0. The summed E-state index contributed by atoms with van der Waals surface area (Å²) in [6.07, 6.45) is 3.29. The average molecular weight is 424 g/mol. The maximum Gasteiger partial charge on any atom is 0.0762 e. The molecule has 0 radical (unpaired) electrons. The lowest BCUT2D eigenvalue weighted by Crippen LogP contribution is -1.94. The Kier molecular flexibility index (Phi) is 10.6. The van der Waals surface area contributed by atoms with Gasteiger partial charge in [0, 0.05) is 40.0 Å². The van der Waals surface area contributed by atoms with E-state index in [2.05, 4.69) is 9.98 Å². The second-order valence-electron chi connectivity index (χ2n) is 5.66. The van der Waals surface area contributed by atoms with Gasteiger partial charge < -0.3 is 10.8 Å². The van der Waals surface area contributed by atoms with Crippen LogP contribution in [0.2, 0.25) is 15.1 Å². The van der Waals surface area contributed by atoms with E-state index in [4.69, 9.17) is 45.6 Å². The Morgan fingerprint density at radius 3 is 1.78 bits per heavy atom. The molecule has 4 nitrogen and oxygen atoms in total. The Hall–Kier alpha value is -2.01. The lowest BCUT2D eigenvalue weighted by Gasteiger charge is -1.99. The summed E-state index contributed by atoms with van der Waals surface area (Å²) in [5, 5.41) is 16.2. The van der Waals surface area contributed by atoms with Gasteiger partial charge in [0.2, 0.25) is 0 Å². The Morgan fingerprint density at radius 1 is 0.778 bits per heavy atom. The Balaban J connectivity index is 0.000000271. The van der Waals surface area contributed by atoms with E-state index < -0.39 is 0 Å². The number of hydrogen-bond donors (Lipinski definition) is 2. The molecule has 0 aliphatic carbocycles. The zero-order valence-corrected chi connectivity index (χ0v) is 17.4. The van der Waals surface area contributed by atoms with Crippen LogP contribution in [-0.2, 0) is 0 Å². The molecular formula is C20H21Cl3N4. The normalized spacial score (nSPS) is 10.7. The molecule has 0 atom stereocenters. The van der Waals surface area contributed by atoms with Crippen molar-refractivity contribution in [3.05, 3.63) is 68.7 Å². The van der Waals surface area contributed by atoms with Crippen LogP contribution in [0.3, 0.4) is 0 Å². The highest BCUT2D eigenvalue weighted by molar-refractivity contribution is 6.38. The van der Waals surface area contributed by atoms with E-state index in [0.717, 1.165) is 5.56 Å². The van der Waals surface area contributed by atoms with Crippen molar-refractivity contribution in [3.8, 4) is 0 Å². The summed E-state index contributed by atoms with van der Waals surface area (Å²) in [7, 11) is 0. The van der Waals surface area contributed by atoms with Crippen LogP contribution in [0, 0.1) is 10.8 Å². The summed E-state index contributed by atoms with van der Waals surface area (Å²) >= 11 is 17.7. The zero-order chi connectivity index (χ0) is 20.2. The van der Waals surface area contributed by atoms with Gasteiger partial charge in [-0.05, 0) is 32.0 Å². The number of halogens is 3. The number of rotatable bonds is 6. The van der Waals surface area contributed by atoms with Crippen molar-refractivity contribution in [1.82, 2.24) is 0 Å². The van der Waals surface area contributed by atoms with Gasteiger partial charge >= 0.3 is 0 Å². The molecule has 2 aromatic rings. The predicted octanol–water partition coefficient (Wildman–Crippen LogP) is 6.25. The SMILES string of the molecule is CC(=N)CN=Cc1c(Cl)cccc1Cl.CC(=N)CN=Cc1ccccc1Cl. The fraction of sp³-hybridized carbons (Fsp3) is 0.200. The molecule has 7 heteroatoms. The smallest absolute Gasteiger partial charge is 0.0762 e. The highest BCUT2D eigenvalue weighted by Gasteiger charge is 2.01. The number of nitrogens with zero attached hydrogens (tertiary/aromatic N) is 2. The van der Waals surface area contributed by atoms with Gasteiger partial charge in [-0.25, -0.2) is 0 Å². The van der Waals surface area contributed by atoms with Crippen molar-refractivity contribution in [1.29, 1.82) is 10.8 Å². The molecule has 2 N–H and O–H groups in total. The summed E-state index contributed by atoms with van der Waals surface area (Å²) in [5.74, 6) is 0. The Bertz CT molecular complexity index is 825. The third-order valence-electron chi connectivity index (χ3n) is 3.01. The standard InChI is InChI=1S/C10H10Cl2N2.C10H11ClN2/c1-7(13)5-14-6-8-9(11)3-2-4-10(8)12;1-8(12)6-13-7-9-4-2-3-5-10(9)11/h2-4,6,13H,5H2,1H3;2-5,7,12H,6H2,1H3. The van der Waals surface area contributed by atoms with Crippen LogP contribution in [0.15, 0.2) is 52.4 Å². The fourth-order valence-electron chi connectivity index (χ4n) is 1.77. The molecule has 0 fully saturated rings. The molecule has 0 heterocycles. The molecule has 0 saturated heterocycles. The molecule has 2 rings (SSSR count). The topological polar surface area (TPSA) is 72.4 Å². The second-order valence-corrected chi connectivity index (χ2v) is 6.88. The van der Waals surface area contributed by atoms with Crippen LogP contribution in [-0.4, -0.2) is 36.9 Å². The summed E-state index contributed by atoms with van der Waals surface area (Å²) in [6, 6.07) is 12.8. The first-order chi connectivity index (χ1) is 12.8. The van der Waals surface area contributed by atoms with Gasteiger partial charge in [0.05, 0.1) is 23.1 Å². The molecule has 0 saturated carbocycles. The maximum atomic E-state index is 7.19. The van der Waals surface area contributed by atoms with E-state index >= 15 is 0 Å². The number of nitrogens with one attached hydrogen (secondary N) is 2. The van der Waals surface area contributed by atoms with Crippen LogP contribution in [0.4, 0.5) is 0 Å². The van der Waals surface area contributed by atoms with Gasteiger partial charge in [0.25, 0.3) is 0 Å². The van der Waals surface area contributed by atoms with E-state index in [1.807, 2.05) is 24.3 Å². The molecular weight excluding hydrogens is 403 g/mol. The van der Waals surface area contributed by atoms with Crippen molar-refractivity contribution < 1.29 is 0 Å². The van der Waals surface area contributed by atoms with Crippen LogP contribution in [0.1, 0.15) is 25.0 Å². The minimum Gasteiger partial charge on any atom is -0.308 e. The monoisotopic (exact) mass is 422 g/mol. The lowest BCUT2D eigenvalue weighted by atomic mass is 10.2. The molecule has 0 aromatic heterocycles. The predicted molar refractivity (Wildman–Crippen MR) is 120 cm³/mol. The van der Waals surface area contributed by atoms with Crippen LogP contribution >= 0.6 is 34.8 Å². The highest BCUT2D eigenvalue weighted by atomic mass is 35.5. The first kappa shape index (κ1) is 23.0. The van der Waals surface area contributed by atoms with E-state index in [9.17, 15) is 0 Å². The van der Waals surface area contributed by atoms with E-state index in [1.54, 1.807) is 44.5 Å². The quantitative estimate of drug-likeness (QED) is 0.515. The minimum absolute atomic E-state index is 0.377. The lowest BCUT2D eigenvalue weighted by molar-refractivity contribution is 1.25. The zero-order valence-electron chi connectivity index (χ0n) is 15.1. The van der Waals surface area contributed by atoms with Crippen molar-refractivity contribution >= 4 is 58.7 Å². The maximum absolute atomic E-state index is 7.19. The number of hydrogen-bond acceptors (Lipinski definition) is 4. The molecule has 0 aliphatic heterocycles. The van der Waals surface area contributed by atoms with Gasteiger partial charge in [-0.2, -0.15) is 0 Å². The van der Waals surface area contributed by atoms with Gasteiger partial charge in [0.15, 0.2) is 0 Å². The largest absolute Gasteiger partial charge is 0.308 e. The van der Waals surface area contributed by atoms with E-state index in [0.29, 0.717) is 45.1 Å². The molecule has 0 unspecified atom stereocenters. The molecule has 2 aromatic carbocycles. The van der Waals surface area contributed by atoms with Gasteiger partial charge in [0.1, 0.15) is 0 Å². The Morgan fingerprint density at radius 2 is 1.26 bits per heavy atom. The van der Waals surface area contributed by atoms with Gasteiger partial charge in [-0.3, -0.25) is 9.98 Å². The van der Waals surface area contributed by atoms with Crippen LogP contribution in [0.5, 0.6) is 0 Å². The minimum atomic E-state index is 0.377. The molecule has 142 valence electrons. The summed E-state index contributed by atoms with van der Waals surface area (Å²) in [5.41, 5.74) is 2.65. The molecule has 0 aliphatic rings. The fourth-order valence-corrected chi connectivity index (χ4v) is 2.45. The first-order valence-corrected chi connectivity index (χ1v) is 9.21. The first-order valence-electron chi connectivity index (χ1n) is 8.07. The highest BCUT2D eigenvalue weighted by Crippen LogP contribution is 2.22. The molecule has 0 spiro atoms.